The zero-order valence-corrected chi connectivity index (χ0v) is 8.99. The maximum absolute atomic E-state index is 10.8. The summed E-state index contributed by atoms with van der Waals surface area (Å²) < 4.78 is 0.224. The summed E-state index contributed by atoms with van der Waals surface area (Å²) in [6.07, 6.45) is 3.33. The molecule has 5 heteroatoms. The van der Waals surface area contributed by atoms with Gasteiger partial charge in [0.2, 0.25) is 0 Å². The summed E-state index contributed by atoms with van der Waals surface area (Å²) in [6.45, 7) is 0. The lowest BCUT2D eigenvalue weighted by Crippen LogP contribution is -1.99. The predicted molar refractivity (Wildman–Crippen MR) is 61.8 cm³/mol. The minimum atomic E-state index is -1.03. The number of aromatic carboxylic acids is 1. The van der Waals surface area contributed by atoms with Crippen LogP contribution in [-0.2, 0) is 0 Å². The van der Waals surface area contributed by atoms with Crippen LogP contribution in [0.15, 0.2) is 36.7 Å². The molecule has 2 rings (SSSR count). The molecule has 0 saturated carbocycles. The van der Waals surface area contributed by atoms with Crippen molar-refractivity contribution in [3.05, 3.63) is 46.9 Å². The Morgan fingerprint density at radius 3 is 2.50 bits per heavy atom. The number of hydrogen-bond donors (Lipinski definition) is 2. The number of H-pyrrole nitrogens is 1. The smallest absolute Gasteiger partial charge is 0.338 e. The van der Waals surface area contributed by atoms with E-state index in [1.807, 2.05) is 12.1 Å². The third kappa shape index (κ3) is 1.99. The number of aromatic nitrogens is 2. The first-order valence-corrected chi connectivity index (χ1v) is 4.96. The standard InChI is InChI=1S/C11H8N2O2S/c14-11(15)8-1-2-9(13-10(8)16)7-3-5-12-6-4-7/h1-6H,(H,13,16)(H,14,15). The van der Waals surface area contributed by atoms with E-state index in [1.165, 1.54) is 6.07 Å². The van der Waals surface area contributed by atoms with Gasteiger partial charge in [0.1, 0.15) is 4.64 Å². The van der Waals surface area contributed by atoms with Crippen LogP contribution in [0, 0.1) is 4.64 Å². The van der Waals surface area contributed by atoms with Crippen LogP contribution < -0.4 is 0 Å². The van der Waals surface area contributed by atoms with Crippen LogP contribution in [0.4, 0.5) is 0 Å². The average molecular weight is 232 g/mol. The number of hydrogen-bond acceptors (Lipinski definition) is 3. The highest BCUT2D eigenvalue weighted by atomic mass is 32.1. The quantitative estimate of drug-likeness (QED) is 0.781. The molecule has 80 valence electrons. The van der Waals surface area contributed by atoms with Gasteiger partial charge in [0.05, 0.1) is 5.56 Å². The van der Waals surface area contributed by atoms with Crippen LogP contribution in [0.1, 0.15) is 10.4 Å². The zero-order chi connectivity index (χ0) is 11.5. The molecular weight excluding hydrogens is 224 g/mol. The molecule has 0 aliphatic heterocycles. The highest BCUT2D eigenvalue weighted by Gasteiger charge is 2.06. The minimum absolute atomic E-state index is 0.104. The predicted octanol–water partition coefficient (Wildman–Crippen LogP) is 2.50. The normalized spacial score (nSPS) is 10.0. The van der Waals surface area contributed by atoms with E-state index in [1.54, 1.807) is 18.5 Å². The Morgan fingerprint density at radius 2 is 1.94 bits per heavy atom. The van der Waals surface area contributed by atoms with E-state index in [0.717, 1.165) is 11.3 Å². The molecule has 2 N–H and O–H groups in total. The molecule has 0 radical (unpaired) electrons. The number of pyridine rings is 2. The minimum Gasteiger partial charge on any atom is -0.478 e. The van der Waals surface area contributed by atoms with Crippen molar-refractivity contribution >= 4 is 18.2 Å². The Labute approximate surface area is 96.6 Å². The Hall–Kier alpha value is -2.01. The lowest BCUT2D eigenvalue weighted by atomic mass is 10.1. The summed E-state index contributed by atoms with van der Waals surface area (Å²) in [5.41, 5.74) is 1.79. The summed E-state index contributed by atoms with van der Waals surface area (Å²) >= 11 is 4.96. The summed E-state index contributed by atoms with van der Waals surface area (Å²) in [5.74, 6) is -1.03. The van der Waals surface area contributed by atoms with Crippen molar-refractivity contribution in [3.63, 3.8) is 0 Å². The second-order valence-electron chi connectivity index (χ2n) is 3.16. The number of carboxylic acid groups (broad SMARTS) is 1. The molecule has 0 bridgehead atoms. The molecule has 2 aromatic rings. The van der Waals surface area contributed by atoms with Crippen LogP contribution in [0.2, 0.25) is 0 Å². The van der Waals surface area contributed by atoms with Crippen molar-refractivity contribution in [1.82, 2.24) is 9.97 Å². The first-order chi connectivity index (χ1) is 7.68. The van der Waals surface area contributed by atoms with Crippen LogP contribution >= 0.6 is 12.2 Å². The van der Waals surface area contributed by atoms with Gasteiger partial charge in [-0.25, -0.2) is 4.79 Å². The summed E-state index contributed by atoms with van der Waals surface area (Å²) in [4.78, 5) is 17.6. The maximum atomic E-state index is 10.8. The van der Waals surface area contributed by atoms with Crippen molar-refractivity contribution in [3.8, 4) is 11.3 Å². The fourth-order valence-corrected chi connectivity index (χ4v) is 1.61. The van der Waals surface area contributed by atoms with Crippen molar-refractivity contribution in [2.24, 2.45) is 0 Å². The molecule has 0 unspecified atom stereocenters. The van der Waals surface area contributed by atoms with Crippen LogP contribution in [0.5, 0.6) is 0 Å². The fourth-order valence-electron chi connectivity index (χ4n) is 1.34. The van der Waals surface area contributed by atoms with Gasteiger partial charge in [-0.2, -0.15) is 0 Å². The van der Waals surface area contributed by atoms with E-state index in [4.69, 9.17) is 17.3 Å². The second-order valence-corrected chi connectivity index (χ2v) is 3.56. The van der Waals surface area contributed by atoms with Crippen molar-refractivity contribution in [1.29, 1.82) is 0 Å². The number of nitrogens with zero attached hydrogens (tertiary/aromatic N) is 1. The second kappa shape index (κ2) is 4.24. The summed E-state index contributed by atoms with van der Waals surface area (Å²) in [7, 11) is 0. The largest absolute Gasteiger partial charge is 0.478 e. The topological polar surface area (TPSA) is 66.0 Å². The molecule has 2 aromatic heterocycles. The Morgan fingerprint density at radius 1 is 1.25 bits per heavy atom. The van der Waals surface area contributed by atoms with Gasteiger partial charge >= 0.3 is 5.97 Å². The molecule has 0 spiro atoms. The molecule has 4 nitrogen and oxygen atoms in total. The molecule has 0 amide bonds. The lowest BCUT2D eigenvalue weighted by molar-refractivity contribution is 0.0696. The molecule has 16 heavy (non-hydrogen) atoms. The van der Waals surface area contributed by atoms with Gasteiger partial charge in [-0.1, -0.05) is 12.2 Å². The van der Waals surface area contributed by atoms with Gasteiger partial charge in [0.15, 0.2) is 0 Å². The summed E-state index contributed by atoms with van der Waals surface area (Å²) in [5, 5.41) is 8.83. The van der Waals surface area contributed by atoms with E-state index in [0.29, 0.717) is 0 Å². The summed E-state index contributed by atoms with van der Waals surface area (Å²) in [6, 6.07) is 6.83. The van der Waals surface area contributed by atoms with E-state index in [2.05, 4.69) is 9.97 Å². The number of aromatic amines is 1. The Balaban J connectivity index is 2.51. The lowest BCUT2D eigenvalue weighted by Gasteiger charge is -2.02. The number of rotatable bonds is 2. The van der Waals surface area contributed by atoms with Crippen LogP contribution in [0.25, 0.3) is 11.3 Å². The molecule has 0 atom stereocenters. The average Bonchev–Trinajstić information content (AvgIpc) is 2.29. The monoisotopic (exact) mass is 232 g/mol. The molecule has 0 fully saturated rings. The van der Waals surface area contributed by atoms with E-state index in [9.17, 15) is 4.79 Å². The highest BCUT2D eigenvalue weighted by molar-refractivity contribution is 7.71. The molecule has 2 heterocycles. The molecular formula is C11H8N2O2S. The van der Waals surface area contributed by atoms with E-state index >= 15 is 0 Å². The van der Waals surface area contributed by atoms with E-state index < -0.39 is 5.97 Å². The third-order valence-electron chi connectivity index (χ3n) is 2.13. The van der Waals surface area contributed by atoms with Gasteiger partial charge in [-0.3, -0.25) is 4.98 Å². The first-order valence-electron chi connectivity index (χ1n) is 4.55. The van der Waals surface area contributed by atoms with Gasteiger partial charge in [0, 0.05) is 23.7 Å². The van der Waals surface area contributed by atoms with Gasteiger partial charge in [0.25, 0.3) is 0 Å². The van der Waals surface area contributed by atoms with Crippen molar-refractivity contribution in [2.75, 3.05) is 0 Å². The number of carboxylic acids is 1. The fraction of sp³-hybridized carbons (Fsp3) is 0. The molecule has 0 aliphatic rings. The number of carbonyl (C=O) groups is 1. The Bertz CT molecular complexity index is 578. The maximum Gasteiger partial charge on any atom is 0.338 e. The first kappa shape index (κ1) is 10.5. The van der Waals surface area contributed by atoms with Crippen molar-refractivity contribution < 1.29 is 9.90 Å². The third-order valence-corrected chi connectivity index (χ3v) is 2.45. The van der Waals surface area contributed by atoms with Crippen LogP contribution in [0.3, 0.4) is 0 Å². The zero-order valence-electron chi connectivity index (χ0n) is 8.18. The molecule has 0 aromatic carbocycles. The highest BCUT2D eigenvalue weighted by Crippen LogP contribution is 2.16. The van der Waals surface area contributed by atoms with Crippen molar-refractivity contribution in [2.45, 2.75) is 0 Å². The van der Waals surface area contributed by atoms with Gasteiger partial charge < -0.3 is 10.1 Å². The SMILES string of the molecule is O=C(O)c1ccc(-c2ccncc2)[nH]c1=S. The van der Waals surface area contributed by atoms with Crippen LogP contribution in [-0.4, -0.2) is 21.0 Å². The number of nitrogens with one attached hydrogen (secondary N) is 1. The van der Waals surface area contributed by atoms with Gasteiger partial charge in [-0.05, 0) is 24.3 Å². The van der Waals surface area contributed by atoms with Gasteiger partial charge in [-0.15, -0.1) is 0 Å². The molecule has 0 saturated heterocycles. The van der Waals surface area contributed by atoms with E-state index in [-0.39, 0.29) is 10.2 Å². The Kier molecular flexibility index (Phi) is 2.78. The molecule has 0 aliphatic carbocycles.